The largest absolute Gasteiger partial charge is 0.462 e. The standard InChI is InChI=1S/C21H30N4O8/c1-12-10-25(21(30)22-20(12)29)18-9-16(24-7-5-23(6-8-24)13(2)26)19(33-18)17(32-15(4)28)11-31-14(3)27/h10,16-19H,5-9,11H2,1-4H3,(H,22,29,30)/t16-,17+,18+,19-/m0/s1. The number of piperazine rings is 1. The van der Waals surface area contributed by atoms with E-state index in [1.807, 2.05) is 0 Å². The third kappa shape index (κ3) is 5.88. The number of H-pyrrole nitrogens is 1. The van der Waals surface area contributed by atoms with E-state index in [2.05, 4.69) is 9.88 Å². The number of rotatable bonds is 6. The summed E-state index contributed by atoms with van der Waals surface area (Å²) in [5.74, 6) is -1.09. The summed E-state index contributed by atoms with van der Waals surface area (Å²) in [7, 11) is 0. The molecular formula is C21H30N4O8. The number of amides is 1. The van der Waals surface area contributed by atoms with Gasteiger partial charge in [0, 0.05) is 71.2 Å². The molecule has 3 rings (SSSR count). The normalized spacial score (nSPS) is 24.4. The minimum atomic E-state index is -0.896. The lowest BCUT2D eigenvalue weighted by atomic mass is 10.0. The van der Waals surface area contributed by atoms with Crippen LogP contribution in [0.25, 0.3) is 0 Å². The Kier molecular flexibility index (Phi) is 7.69. The Morgan fingerprint density at radius 3 is 2.36 bits per heavy atom. The summed E-state index contributed by atoms with van der Waals surface area (Å²) in [6.07, 6.45) is -0.530. The van der Waals surface area contributed by atoms with Gasteiger partial charge < -0.3 is 19.1 Å². The maximum absolute atomic E-state index is 12.5. The summed E-state index contributed by atoms with van der Waals surface area (Å²) >= 11 is 0. The topological polar surface area (TPSA) is 140 Å². The molecule has 3 heterocycles. The van der Waals surface area contributed by atoms with Crippen molar-refractivity contribution in [1.29, 1.82) is 0 Å². The number of hydrogen-bond donors (Lipinski definition) is 1. The van der Waals surface area contributed by atoms with Crippen LogP contribution < -0.4 is 11.2 Å². The molecule has 0 bridgehead atoms. The van der Waals surface area contributed by atoms with Gasteiger partial charge in [-0.05, 0) is 6.92 Å². The molecule has 0 spiro atoms. The second kappa shape index (κ2) is 10.3. The summed E-state index contributed by atoms with van der Waals surface area (Å²) in [4.78, 5) is 65.3. The molecule has 2 fully saturated rings. The van der Waals surface area contributed by atoms with Crippen LogP contribution in [0.5, 0.6) is 0 Å². The van der Waals surface area contributed by atoms with Crippen LogP contribution in [0.3, 0.4) is 0 Å². The first-order valence-corrected chi connectivity index (χ1v) is 10.8. The van der Waals surface area contributed by atoms with Crippen molar-refractivity contribution in [3.63, 3.8) is 0 Å². The van der Waals surface area contributed by atoms with Gasteiger partial charge >= 0.3 is 17.6 Å². The summed E-state index contributed by atoms with van der Waals surface area (Å²) in [6.45, 7) is 7.61. The van der Waals surface area contributed by atoms with E-state index in [1.54, 1.807) is 11.8 Å². The van der Waals surface area contributed by atoms with Gasteiger partial charge in [-0.15, -0.1) is 0 Å². The number of hydrogen-bond acceptors (Lipinski definition) is 9. The molecule has 2 aliphatic heterocycles. The molecule has 1 aromatic rings. The maximum atomic E-state index is 12.5. The molecule has 2 aliphatic rings. The Hall–Kier alpha value is -2.99. The summed E-state index contributed by atoms with van der Waals surface area (Å²) in [5, 5.41) is 0. The van der Waals surface area contributed by atoms with Gasteiger partial charge in [0.05, 0.1) is 0 Å². The van der Waals surface area contributed by atoms with Gasteiger partial charge in [-0.3, -0.25) is 33.6 Å². The fraction of sp³-hybridized carbons (Fsp3) is 0.667. The Morgan fingerprint density at radius 2 is 1.79 bits per heavy atom. The minimum absolute atomic E-state index is 0.00494. The van der Waals surface area contributed by atoms with Crippen molar-refractivity contribution in [3.8, 4) is 0 Å². The van der Waals surface area contributed by atoms with Crippen LogP contribution in [0.2, 0.25) is 0 Å². The molecule has 0 radical (unpaired) electrons. The fourth-order valence-electron chi connectivity index (χ4n) is 4.32. The third-order valence-corrected chi connectivity index (χ3v) is 5.96. The van der Waals surface area contributed by atoms with E-state index in [0.29, 0.717) is 38.2 Å². The number of nitrogens with one attached hydrogen (secondary N) is 1. The Morgan fingerprint density at radius 1 is 1.12 bits per heavy atom. The first kappa shape index (κ1) is 24.6. The lowest BCUT2D eigenvalue weighted by molar-refractivity contribution is -0.170. The van der Waals surface area contributed by atoms with Crippen LogP contribution >= 0.6 is 0 Å². The van der Waals surface area contributed by atoms with Crippen molar-refractivity contribution in [2.24, 2.45) is 0 Å². The van der Waals surface area contributed by atoms with Crippen molar-refractivity contribution in [1.82, 2.24) is 19.4 Å². The molecule has 0 aromatic carbocycles. The highest BCUT2D eigenvalue weighted by Crippen LogP contribution is 2.34. The molecule has 0 unspecified atom stereocenters. The second-order valence-electron chi connectivity index (χ2n) is 8.33. The molecule has 1 amide bonds. The molecule has 33 heavy (non-hydrogen) atoms. The number of aryl methyl sites for hydroxylation is 1. The van der Waals surface area contributed by atoms with Crippen molar-refractivity contribution in [2.75, 3.05) is 32.8 Å². The van der Waals surface area contributed by atoms with Crippen molar-refractivity contribution >= 4 is 17.8 Å². The number of carbonyl (C=O) groups is 3. The quantitative estimate of drug-likeness (QED) is 0.531. The molecular weight excluding hydrogens is 436 g/mol. The van der Waals surface area contributed by atoms with E-state index in [0.717, 1.165) is 0 Å². The summed E-state index contributed by atoms with van der Waals surface area (Å²) in [5.41, 5.74) is -0.736. The average molecular weight is 466 g/mol. The Balaban J connectivity index is 1.90. The van der Waals surface area contributed by atoms with Gasteiger partial charge in [0.25, 0.3) is 5.56 Å². The lowest BCUT2D eigenvalue weighted by Gasteiger charge is -2.40. The molecule has 182 valence electrons. The van der Waals surface area contributed by atoms with Crippen LogP contribution in [0.1, 0.15) is 39.0 Å². The lowest BCUT2D eigenvalue weighted by Crippen LogP contribution is -2.56. The summed E-state index contributed by atoms with van der Waals surface area (Å²) < 4.78 is 18.1. The maximum Gasteiger partial charge on any atom is 0.330 e. The highest BCUT2D eigenvalue weighted by molar-refractivity contribution is 5.73. The predicted octanol–water partition coefficient (Wildman–Crippen LogP) is -0.840. The Bertz CT molecular complexity index is 1010. The first-order valence-electron chi connectivity index (χ1n) is 10.8. The third-order valence-electron chi connectivity index (χ3n) is 5.96. The first-order chi connectivity index (χ1) is 15.6. The average Bonchev–Trinajstić information content (AvgIpc) is 3.18. The number of esters is 2. The van der Waals surface area contributed by atoms with Crippen LogP contribution in [-0.4, -0.2) is 88.2 Å². The van der Waals surface area contributed by atoms with Crippen LogP contribution in [0.15, 0.2) is 15.8 Å². The zero-order chi connectivity index (χ0) is 24.3. The van der Waals surface area contributed by atoms with Gasteiger partial charge in [-0.25, -0.2) is 4.79 Å². The van der Waals surface area contributed by atoms with Crippen molar-refractivity contribution < 1.29 is 28.6 Å². The number of ether oxygens (including phenoxy) is 3. The zero-order valence-corrected chi connectivity index (χ0v) is 19.2. The van der Waals surface area contributed by atoms with Crippen LogP contribution in [-0.2, 0) is 28.6 Å². The summed E-state index contributed by atoms with van der Waals surface area (Å²) in [6, 6.07) is -0.289. The van der Waals surface area contributed by atoms with Crippen LogP contribution in [0, 0.1) is 6.92 Å². The Labute approximate surface area is 190 Å². The van der Waals surface area contributed by atoms with E-state index in [4.69, 9.17) is 14.2 Å². The van der Waals surface area contributed by atoms with Crippen molar-refractivity contribution in [2.45, 2.75) is 58.6 Å². The SMILES string of the molecule is CC(=O)OC[C@@H](OC(C)=O)[C@H]1O[C@@H](n2cc(C)c(=O)[nH]c2=O)C[C@@H]1N1CCN(C(C)=O)CC1. The fourth-order valence-corrected chi connectivity index (χ4v) is 4.32. The van der Waals surface area contributed by atoms with Crippen molar-refractivity contribution in [3.05, 3.63) is 32.6 Å². The van der Waals surface area contributed by atoms with E-state index in [1.165, 1.54) is 31.5 Å². The molecule has 12 heteroatoms. The van der Waals surface area contributed by atoms with E-state index in [9.17, 15) is 24.0 Å². The van der Waals surface area contributed by atoms with Gasteiger partial charge in [0.1, 0.15) is 18.9 Å². The van der Waals surface area contributed by atoms with Gasteiger partial charge in [-0.2, -0.15) is 0 Å². The van der Waals surface area contributed by atoms with E-state index in [-0.39, 0.29) is 18.6 Å². The monoisotopic (exact) mass is 466 g/mol. The predicted molar refractivity (Wildman–Crippen MR) is 114 cm³/mol. The van der Waals surface area contributed by atoms with Gasteiger partial charge in [0.15, 0.2) is 6.10 Å². The molecule has 1 aromatic heterocycles. The van der Waals surface area contributed by atoms with Crippen LogP contribution in [0.4, 0.5) is 0 Å². The molecule has 12 nitrogen and oxygen atoms in total. The zero-order valence-electron chi connectivity index (χ0n) is 19.2. The second-order valence-corrected chi connectivity index (χ2v) is 8.33. The molecule has 2 saturated heterocycles. The smallest absolute Gasteiger partial charge is 0.330 e. The number of nitrogens with zero attached hydrogens (tertiary/aromatic N) is 3. The number of carbonyl (C=O) groups excluding carboxylic acids is 3. The molecule has 1 N–H and O–H groups in total. The number of aromatic amines is 1. The highest BCUT2D eigenvalue weighted by Gasteiger charge is 2.46. The molecule has 0 saturated carbocycles. The highest BCUT2D eigenvalue weighted by atomic mass is 16.6. The van der Waals surface area contributed by atoms with Gasteiger partial charge in [-0.1, -0.05) is 0 Å². The molecule has 4 atom stereocenters. The minimum Gasteiger partial charge on any atom is -0.462 e. The number of aromatic nitrogens is 2. The van der Waals surface area contributed by atoms with Gasteiger partial charge in [0.2, 0.25) is 5.91 Å². The van der Waals surface area contributed by atoms with E-state index < -0.39 is 41.6 Å². The molecule has 0 aliphatic carbocycles. The van der Waals surface area contributed by atoms with E-state index >= 15 is 0 Å².